The minimum absolute atomic E-state index is 0.0822. The normalized spacial score (nSPS) is 10.2. The average molecular weight is 264 g/mol. The van der Waals surface area contributed by atoms with Crippen molar-refractivity contribution in [2.24, 2.45) is 0 Å². The molecule has 2 aromatic rings. The number of ether oxygens (including phenoxy) is 1. The molecular weight excluding hydrogens is 252 g/mol. The molecule has 2 aromatic heterocycles. The number of hydrogen-bond donors (Lipinski definition) is 2. The largest absolute Gasteiger partial charge is 0.480 e. The minimum atomic E-state index is -1.10. The van der Waals surface area contributed by atoms with Crippen molar-refractivity contribution in [1.82, 2.24) is 25.0 Å². The molecule has 0 saturated heterocycles. The Bertz CT molecular complexity index is 570. The van der Waals surface area contributed by atoms with Crippen LogP contribution in [0.5, 0.6) is 5.88 Å². The first-order valence-electron chi connectivity index (χ1n) is 5.42. The van der Waals surface area contributed by atoms with Crippen LogP contribution >= 0.6 is 0 Å². The number of carboxylic acid groups (broad SMARTS) is 1. The summed E-state index contributed by atoms with van der Waals surface area (Å²) >= 11 is 0. The van der Waals surface area contributed by atoms with E-state index in [4.69, 9.17) is 9.84 Å². The van der Waals surface area contributed by atoms with E-state index in [1.807, 2.05) is 0 Å². The fraction of sp³-hybridized carbons (Fsp3) is 0.300. The number of aromatic nitrogens is 5. The van der Waals surface area contributed by atoms with E-state index in [1.165, 1.54) is 24.2 Å². The van der Waals surface area contributed by atoms with Gasteiger partial charge in [-0.15, -0.1) is 5.10 Å². The van der Waals surface area contributed by atoms with Crippen LogP contribution in [0.3, 0.4) is 0 Å². The zero-order valence-electron chi connectivity index (χ0n) is 10.1. The van der Waals surface area contributed by atoms with Gasteiger partial charge in [-0.25, -0.2) is 9.48 Å². The number of aromatic carboxylic acids is 1. The molecule has 0 aliphatic carbocycles. The van der Waals surface area contributed by atoms with Gasteiger partial charge in [-0.05, 0) is 0 Å². The Morgan fingerprint density at radius 3 is 3.05 bits per heavy atom. The van der Waals surface area contributed by atoms with Gasteiger partial charge < -0.3 is 15.2 Å². The lowest BCUT2D eigenvalue weighted by atomic mass is 10.5. The Balaban J connectivity index is 1.86. The molecule has 2 heterocycles. The zero-order chi connectivity index (χ0) is 13.7. The maximum atomic E-state index is 10.6. The fourth-order valence-electron chi connectivity index (χ4n) is 1.34. The number of carboxylic acids is 1. The molecule has 9 nitrogen and oxygen atoms in total. The second kappa shape index (κ2) is 5.76. The lowest BCUT2D eigenvalue weighted by Crippen LogP contribution is -2.12. The summed E-state index contributed by atoms with van der Waals surface area (Å²) in [7, 11) is 1.51. The van der Waals surface area contributed by atoms with Crippen LogP contribution < -0.4 is 10.1 Å². The zero-order valence-corrected chi connectivity index (χ0v) is 10.1. The first-order chi connectivity index (χ1) is 9.19. The van der Waals surface area contributed by atoms with Crippen LogP contribution in [0.15, 0.2) is 18.6 Å². The summed E-state index contributed by atoms with van der Waals surface area (Å²) < 4.78 is 6.38. The van der Waals surface area contributed by atoms with Crippen LogP contribution in [0, 0.1) is 0 Å². The molecule has 2 rings (SSSR count). The molecule has 19 heavy (non-hydrogen) atoms. The van der Waals surface area contributed by atoms with E-state index < -0.39 is 5.97 Å². The fourth-order valence-corrected chi connectivity index (χ4v) is 1.34. The molecule has 2 N–H and O–H groups in total. The standard InChI is InChI=1S/C10H12N6O3/c1-19-9-5-11-4-8(13-9)12-2-3-16-6-7(10(17)18)14-15-16/h4-6H,2-3H2,1H3,(H,12,13)(H,17,18). The number of carbonyl (C=O) groups is 1. The van der Waals surface area contributed by atoms with E-state index in [9.17, 15) is 4.79 Å². The molecule has 0 radical (unpaired) electrons. The van der Waals surface area contributed by atoms with Crippen LogP contribution in [0.25, 0.3) is 0 Å². The average Bonchev–Trinajstić information content (AvgIpc) is 2.88. The smallest absolute Gasteiger partial charge is 0.358 e. The molecule has 9 heteroatoms. The predicted molar refractivity (Wildman–Crippen MR) is 64.1 cm³/mol. The third-order valence-electron chi connectivity index (χ3n) is 2.23. The van der Waals surface area contributed by atoms with Crippen LogP contribution in [0.4, 0.5) is 5.82 Å². The van der Waals surface area contributed by atoms with Gasteiger partial charge in [0.15, 0.2) is 5.69 Å². The molecule has 0 spiro atoms. The molecule has 0 aliphatic heterocycles. The molecule has 0 aliphatic rings. The number of methoxy groups -OCH3 is 1. The van der Waals surface area contributed by atoms with Gasteiger partial charge in [-0.2, -0.15) is 4.98 Å². The lowest BCUT2D eigenvalue weighted by Gasteiger charge is -2.05. The second-order valence-electron chi connectivity index (χ2n) is 3.55. The first kappa shape index (κ1) is 12.7. The molecule has 0 bridgehead atoms. The van der Waals surface area contributed by atoms with E-state index in [0.717, 1.165) is 0 Å². The summed E-state index contributed by atoms with van der Waals surface area (Å²) in [4.78, 5) is 18.7. The third-order valence-corrected chi connectivity index (χ3v) is 2.23. The topological polar surface area (TPSA) is 115 Å². The minimum Gasteiger partial charge on any atom is -0.480 e. The van der Waals surface area contributed by atoms with Crippen LogP contribution in [0.2, 0.25) is 0 Å². The van der Waals surface area contributed by atoms with Crippen molar-refractivity contribution < 1.29 is 14.6 Å². The number of anilines is 1. The van der Waals surface area contributed by atoms with Gasteiger partial charge in [0.2, 0.25) is 5.88 Å². The summed E-state index contributed by atoms with van der Waals surface area (Å²) in [6.07, 6.45) is 4.43. The van der Waals surface area contributed by atoms with Crippen LogP contribution in [-0.4, -0.2) is 49.7 Å². The predicted octanol–water partition coefficient (Wildman–Crippen LogP) is -0.113. The molecule has 0 amide bonds. The SMILES string of the molecule is COc1cncc(NCCn2cc(C(=O)O)nn2)n1. The highest BCUT2D eigenvalue weighted by atomic mass is 16.5. The molecule has 0 unspecified atom stereocenters. The highest BCUT2D eigenvalue weighted by molar-refractivity contribution is 5.84. The Morgan fingerprint density at radius 2 is 2.37 bits per heavy atom. The highest BCUT2D eigenvalue weighted by Gasteiger charge is 2.07. The molecule has 100 valence electrons. The van der Waals surface area contributed by atoms with Gasteiger partial charge in [0.25, 0.3) is 0 Å². The summed E-state index contributed by atoms with van der Waals surface area (Å²) in [6.45, 7) is 0.962. The summed E-state index contributed by atoms with van der Waals surface area (Å²) in [5.74, 6) is -0.116. The van der Waals surface area contributed by atoms with Crippen molar-refractivity contribution in [3.8, 4) is 5.88 Å². The summed E-state index contributed by atoms with van der Waals surface area (Å²) in [5, 5.41) is 18.9. The molecule has 0 atom stereocenters. The molecular formula is C10H12N6O3. The highest BCUT2D eigenvalue weighted by Crippen LogP contribution is 2.07. The second-order valence-corrected chi connectivity index (χ2v) is 3.55. The Hall–Kier alpha value is -2.71. The van der Waals surface area contributed by atoms with Crippen molar-refractivity contribution in [2.75, 3.05) is 19.0 Å². The molecule has 0 fully saturated rings. The quantitative estimate of drug-likeness (QED) is 0.742. The number of hydrogen-bond acceptors (Lipinski definition) is 7. The van der Waals surface area contributed by atoms with E-state index in [1.54, 1.807) is 6.20 Å². The van der Waals surface area contributed by atoms with E-state index in [2.05, 4.69) is 25.6 Å². The summed E-state index contributed by atoms with van der Waals surface area (Å²) in [5.41, 5.74) is -0.0822. The van der Waals surface area contributed by atoms with E-state index in [0.29, 0.717) is 24.8 Å². The Morgan fingerprint density at radius 1 is 1.53 bits per heavy atom. The van der Waals surface area contributed by atoms with Crippen molar-refractivity contribution in [2.45, 2.75) is 6.54 Å². The summed E-state index contributed by atoms with van der Waals surface area (Å²) in [6, 6.07) is 0. The van der Waals surface area contributed by atoms with E-state index in [-0.39, 0.29) is 5.69 Å². The van der Waals surface area contributed by atoms with Crippen LogP contribution in [0.1, 0.15) is 10.5 Å². The van der Waals surface area contributed by atoms with Crippen molar-refractivity contribution in [3.63, 3.8) is 0 Å². The van der Waals surface area contributed by atoms with Gasteiger partial charge in [-0.3, -0.25) is 4.98 Å². The third kappa shape index (κ3) is 3.37. The van der Waals surface area contributed by atoms with E-state index >= 15 is 0 Å². The Kier molecular flexibility index (Phi) is 3.86. The van der Waals surface area contributed by atoms with Crippen LogP contribution in [-0.2, 0) is 6.54 Å². The van der Waals surface area contributed by atoms with Gasteiger partial charge >= 0.3 is 5.97 Å². The van der Waals surface area contributed by atoms with Gasteiger partial charge in [0, 0.05) is 6.54 Å². The molecule has 0 aromatic carbocycles. The van der Waals surface area contributed by atoms with Crippen molar-refractivity contribution in [1.29, 1.82) is 0 Å². The number of rotatable bonds is 6. The van der Waals surface area contributed by atoms with Gasteiger partial charge in [0.05, 0.1) is 32.2 Å². The number of nitrogens with zero attached hydrogens (tertiary/aromatic N) is 5. The molecule has 0 saturated carbocycles. The monoisotopic (exact) mass is 264 g/mol. The maximum Gasteiger partial charge on any atom is 0.358 e. The van der Waals surface area contributed by atoms with Crippen molar-refractivity contribution in [3.05, 3.63) is 24.3 Å². The Labute approximate surface area is 108 Å². The maximum absolute atomic E-state index is 10.6. The number of nitrogens with one attached hydrogen (secondary N) is 1. The van der Waals surface area contributed by atoms with Crippen molar-refractivity contribution >= 4 is 11.8 Å². The first-order valence-corrected chi connectivity index (χ1v) is 5.42. The van der Waals surface area contributed by atoms with Gasteiger partial charge in [0.1, 0.15) is 5.82 Å². The van der Waals surface area contributed by atoms with Gasteiger partial charge in [-0.1, -0.05) is 5.21 Å². The lowest BCUT2D eigenvalue weighted by molar-refractivity contribution is 0.0690.